The van der Waals surface area contributed by atoms with E-state index < -0.39 is 5.97 Å². The van der Waals surface area contributed by atoms with Crippen molar-refractivity contribution in [2.75, 3.05) is 11.5 Å². The van der Waals surface area contributed by atoms with E-state index in [2.05, 4.69) is 6.92 Å². The predicted molar refractivity (Wildman–Crippen MR) is 51.4 cm³/mol. The first-order chi connectivity index (χ1) is 5.63. The summed E-state index contributed by atoms with van der Waals surface area (Å²) in [5, 5.41) is 8.85. The van der Waals surface area contributed by atoms with Gasteiger partial charge in [0.1, 0.15) is 0 Å². The fraction of sp³-hybridized carbons (Fsp3) is 0.889. The summed E-state index contributed by atoms with van der Waals surface area (Å²) < 4.78 is 0. The molecule has 3 atom stereocenters. The van der Waals surface area contributed by atoms with Gasteiger partial charge in [0.05, 0.1) is 5.92 Å². The van der Waals surface area contributed by atoms with Gasteiger partial charge in [-0.2, -0.15) is 11.8 Å². The lowest BCUT2D eigenvalue weighted by molar-refractivity contribution is -0.143. The van der Waals surface area contributed by atoms with Crippen LogP contribution < -0.4 is 0 Å². The predicted octanol–water partition coefficient (Wildman–Crippen LogP) is 2.10. The third-order valence-corrected chi connectivity index (χ3v) is 4.02. The van der Waals surface area contributed by atoms with Crippen LogP contribution in [0.5, 0.6) is 0 Å². The van der Waals surface area contributed by atoms with E-state index in [0.29, 0.717) is 11.8 Å². The second kappa shape index (κ2) is 4.17. The summed E-state index contributed by atoms with van der Waals surface area (Å²) in [6, 6.07) is 0. The van der Waals surface area contributed by atoms with Crippen molar-refractivity contribution in [1.82, 2.24) is 0 Å². The van der Waals surface area contributed by atoms with E-state index in [-0.39, 0.29) is 5.92 Å². The molecule has 0 aliphatic carbocycles. The standard InChI is InChI=1S/C9H16O2S/c1-6-5-12-4-3-8(6)7(2)9(10)11/h6-8H,3-5H2,1-2H3,(H,10,11). The zero-order valence-electron chi connectivity index (χ0n) is 7.62. The molecule has 3 heteroatoms. The quantitative estimate of drug-likeness (QED) is 0.721. The molecular weight excluding hydrogens is 172 g/mol. The minimum atomic E-state index is -0.640. The molecule has 1 fully saturated rings. The summed E-state index contributed by atoms with van der Waals surface area (Å²) in [5.74, 6) is 2.41. The summed E-state index contributed by atoms with van der Waals surface area (Å²) in [5.41, 5.74) is 0. The normalized spacial score (nSPS) is 32.8. The first kappa shape index (κ1) is 9.90. The van der Waals surface area contributed by atoms with Crippen molar-refractivity contribution in [2.45, 2.75) is 20.3 Å². The van der Waals surface area contributed by atoms with Crippen LogP contribution in [0.2, 0.25) is 0 Å². The van der Waals surface area contributed by atoms with Gasteiger partial charge >= 0.3 is 5.97 Å². The second-order valence-electron chi connectivity index (χ2n) is 3.63. The molecule has 1 rings (SSSR count). The number of thioether (sulfide) groups is 1. The molecule has 1 aliphatic rings. The zero-order valence-corrected chi connectivity index (χ0v) is 8.43. The highest BCUT2D eigenvalue weighted by Crippen LogP contribution is 2.33. The van der Waals surface area contributed by atoms with Gasteiger partial charge in [0.15, 0.2) is 0 Å². The Morgan fingerprint density at radius 1 is 1.67 bits per heavy atom. The SMILES string of the molecule is CC1CSCCC1C(C)C(=O)O. The average Bonchev–Trinajstić information content (AvgIpc) is 2.04. The summed E-state index contributed by atoms with van der Waals surface area (Å²) in [6.45, 7) is 4.00. The molecule has 2 nitrogen and oxygen atoms in total. The maximum absolute atomic E-state index is 10.7. The molecule has 3 unspecified atom stereocenters. The Labute approximate surface area is 77.7 Å². The summed E-state index contributed by atoms with van der Waals surface area (Å²) in [7, 11) is 0. The second-order valence-corrected chi connectivity index (χ2v) is 4.78. The third-order valence-electron chi connectivity index (χ3n) is 2.74. The van der Waals surface area contributed by atoms with Crippen molar-refractivity contribution < 1.29 is 9.90 Å². The molecule has 0 amide bonds. The van der Waals surface area contributed by atoms with E-state index in [9.17, 15) is 4.79 Å². The lowest BCUT2D eigenvalue weighted by atomic mass is 9.82. The number of carboxylic acids is 1. The van der Waals surface area contributed by atoms with E-state index >= 15 is 0 Å². The molecule has 1 aliphatic heterocycles. The Bertz CT molecular complexity index is 170. The largest absolute Gasteiger partial charge is 0.481 e. The van der Waals surface area contributed by atoms with Gasteiger partial charge in [-0.15, -0.1) is 0 Å². The molecule has 0 radical (unpaired) electrons. The Hall–Kier alpha value is -0.180. The number of carbonyl (C=O) groups is 1. The van der Waals surface area contributed by atoms with Gasteiger partial charge in [-0.25, -0.2) is 0 Å². The smallest absolute Gasteiger partial charge is 0.306 e. The Kier molecular flexibility index (Phi) is 3.44. The number of hydrogen-bond donors (Lipinski definition) is 1. The maximum Gasteiger partial charge on any atom is 0.306 e. The van der Waals surface area contributed by atoms with Crippen molar-refractivity contribution in [3.8, 4) is 0 Å². The van der Waals surface area contributed by atoms with E-state index in [1.54, 1.807) is 0 Å². The molecule has 1 heterocycles. The third kappa shape index (κ3) is 2.16. The Balaban J connectivity index is 2.53. The highest BCUT2D eigenvalue weighted by molar-refractivity contribution is 7.99. The molecule has 0 bridgehead atoms. The van der Waals surface area contributed by atoms with Crippen molar-refractivity contribution in [1.29, 1.82) is 0 Å². The van der Waals surface area contributed by atoms with Crippen LogP contribution in [0, 0.1) is 17.8 Å². The fourth-order valence-electron chi connectivity index (χ4n) is 1.82. The molecule has 1 N–H and O–H groups in total. The van der Waals surface area contributed by atoms with Crippen LogP contribution in [0.4, 0.5) is 0 Å². The van der Waals surface area contributed by atoms with Crippen LogP contribution in [0.15, 0.2) is 0 Å². The number of rotatable bonds is 2. The minimum absolute atomic E-state index is 0.166. The van der Waals surface area contributed by atoms with Gasteiger partial charge in [-0.3, -0.25) is 4.79 Å². The van der Waals surface area contributed by atoms with E-state index in [1.165, 1.54) is 0 Å². The van der Waals surface area contributed by atoms with Crippen molar-refractivity contribution >= 4 is 17.7 Å². The van der Waals surface area contributed by atoms with Crippen molar-refractivity contribution in [3.63, 3.8) is 0 Å². The number of hydrogen-bond acceptors (Lipinski definition) is 2. The molecule has 12 heavy (non-hydrogen) atoms. The van der Waals surface area contributed by atoms with Crippen LogP contribution in [0.1, 0.15) is 20.3 Å². The van der Waals surface area contributed by atoms with Gasteiger partial charge in [-0.05, 0) is 29.8 Å². The topological polar surface area (TPSA) is 37.3 Å². The van der Waals surface area contributed by atoms with Crippen molar-refractivity contribution in [3.05, 3.63) is 0 Å². The van der Waals surface area contributed by atoms with Gasteiger partial charge in [0.2, 0.25) is 0 Å². The van der Waals surface area contributed by atoms with Crippen LogP contribution >= 0.6 is 11.8 Å². The minimum Gasteiger partial charge on any atom is -0.481 e. The molecule has 0 aromatic rings. The average molecular weight is 188 g/mol. The summed E-state index contributed by atoms with van der Waals surface area (Å²) >= 11 is 1.94. The number of aliphatic carboxylic acids is 1. The molecule has 0 saturated carbocycles. The molecular formula is C9H16O2S. The highest BCUT2D eigenvalue weighted by atomic mass is 32.2. The first-order valence-electron chi connectivity index (χ1n) is 4.43. The Morgan fingerprint density at radius 2 is 2.33 bits per heavy atom. The summed E-state index contributed by atoms with van der Waals surface area (Å²) in [4.78, 5) is 10.7. The highest BCUT2D eigenvalue weighted by Gasteiger charge is 2.30. The van der Waals surface area contributed by atoms with Gasteiger partial charge in [0.25, 0.3) is 0 Å². The fourth-order valence-corrected chi connectivity index (χ4v) is 3.05. The van der Waals surface area contributed by atoms with Crippen LogP contribution in [0.3, 0.4) is 0 Å². The first-order valence-corrected chi connectivity index (χ1v) is 5.59. The van der Waals surface area contributed by atoms with Gasteiger partial charge in [0, 0.05) is 0 Å². The molecule has 0 aromatic carbocycles. The monoisotopic (exact) mass is 188 g/mol. The Morgan fingerprint density at radius 3 is 2.83 bits per heavy atom. The number of carboxylic acid groups (broad SMARTS) is 1. The lowest BCUT2D eigenvalue weighted by Gasteiger charge is -2.31. The molecule has 1 saturated heterocycles. The molecule has 0 aromatic heterocycles. The maximum atomic E-state index is 10.7. The van der Waals surface area contributed by atoms with Crippen LogP contribution in [-0.4, -0.2) is 22.6 Å². The van der Waals surface area contributed by atoms with E-state index in [1.807, 2.05) is 18.7 Å². The van der Waals surface area contributed by atoms with Gasteiger partial charge < -0.3 is 5.11 Å². The summed E-state index contributed by atoms with van der Waals surface area (Å²) in [6.07, 6.45) is 1.07. The van der Waals surface area contributed by atoms with E-state index in [4.69, 9.17) is 5.11 Å². The van der Waals surface area contributed by atoms with Gasteiger partial charge in [-0.1, -0.05) is 13.8 Å². The van der Waals surface area contributed by atoms with Crippen molar-refractivity contribution in [2.24, 2.45) is 17.8 Å². The van der Waals surface area contributed by atoms with E-state index in [0.717, 1.165) is 17.9 Å². The van der Waals surface area contributed by atoms with Crippen LogP contribution in [0.25, 0.3) is 0 Å². The zero-order chi connectivity index (χ0) is 9.14. The molecule has 0 spiro atoms. The lowest BCUT2D eigenvalue weighted by Crippen LogP contribution is -2.30. The molecule has 70 valence electrons. The van der Waals surface area contributed by atoms with Crippen LogP contribution in [-0.2, 0) is 4.79 Å².